The van der Waals surface area contributed by atoms with Gasteiger partial charge in [0.1, 0.15) is 6.07 Å². The summed E-state index contributed by atoms with van der Waals surface area (Å²) in [4.78, 5) is 16.0. The van der Waals surface area contributed by atoms with Crippen molar-refractivity contribution < 1.29 is 4.79 Å². The number of benzene rings is 1. The third-order valence-corrected chi connectivity index (χ3v) is 2.77. The van der Waals surface area contributed by atoms with Gasteiger partial charge in [-0.2, -0.15) is 5.26 Å². The number of rotatable bonds is 2. The molecule has 0 atom stereocenters. The number of nitrogens with one attached hydrogen (secondary N) is 1. The number of hydrogen-bond acceptors (Lipinski definition) is 3. The summed E-state index contributed by atoms with van der Waals surface area (Å²) in [7, 11) is 0. The molecule has 0 aliphatic heterocycles. The van der Waals surface area contributed by atoms with E-state index in [1.165, 1.54) is 18.5 Å². The highest BCUT2D eigenvalue weighted by molar-refractivity contribution is 6.04. The van der Waals surface area contributed by atoms with Crippen LogP contribution in [0.3, 0.4) is 0 Å². The van der Waals surface area contributed by atoms with E-state index < -0.39 is 0 Å². The number of hydrogen-bond donors (Lipinski definition) is 1. The molecular weight excluding hydrogens is 238 g/mol. The summed E-state index contributed by atoms with van der Waals surface area (Å²) < 4.78 is 0. The van der Waals surface area contributed by atoms with E-state index >= 15 is 0 Å². The third kappa shape index (κ3) is 2.96. The van der Waals surface area contributed by atoms with E-state index in [-0.39, 0.29) is 5.91 Å². The number of pyridine rings is 1. The lowest BCUT2D eigenvalue weighted by Crippen LogP contribution is -2.13. The maximum Gasteiger partial charge on any atom is 0.257 e. The van der Waals surface area contributed by atoms with Gasteiger partial charge in [-0.1, -0.05) is 12.1 Å². The molecule has 1 N–H and O–H groups in total. The lowest BCUT2D eigenvalue weighted by molar-refractivity contribution is 0.102. The predicted octanol–water partition coefficient (Wildman–Crippen LogP) is 2.82. The van der Waals surface area contributed by atoms with Gasteiger partial charge in [0.05, 0.1) is 11.1 Å². The fourth-order valence-electron chi connectivity index (χ4n) is 1.69. The van der Waals surface area contributed by atoms with Crippen molar-refractivity contribution in [3.8, 4) is 6.07 Å². The molecule has 1 aromatic heterocycles. The van der Waals surface area contributed by atoms with Crippen LogP contribution in [0.4, 0.5) is 5.69 Å². The van der Waals surface area contributed by atoms with Gasteiger partial charge in [-0.3, -0.25) is 9.78 Å². The van der Waals surface area contributed by atoms with Crippen LogP contribution in [0, 0.1) is 25.2 Å². The van der Waals surface area contributed by atoms with Crippen LogP contribution in [0.2, 0.25) is 0 Å². The molecule has 2 rings (SSSR count). The quantitative estimate of drug-likeness (QED) is 0.892. The van der Waals surface area contributed by atoms with Crippen molar-refractivity contribution in [2.75, 3.05) is 5.32 Å². The van der Waals surface area contributed by atoms with Crippen LogP contribution in [0.5, 0.6) is 0 Å². The summed E-state index contributed by atoms with van der Waals surface area (Å²) in [5.74, 6) is -0.265. The summed E-state index contributed by atoms with van der Waals surface area (Å²) in [5, 5.41) is 11.6. The van der Waals surface area contributed by atoms with Crippen molar-refractivity contribution in [1.29, 1.82) is 5.26 Å². The SMILES string of the molecule is Cc1ccc(C)c(NC(=O)c2cncc(C#N)c2)c1. The maximum absolute atomic E-state index is 12.1. The summed E-state index contributed by atoms with van der Waals surface area (Å²) in [6.45, 7) is 3.89. The first-order chi connectivity index (χ1) is 9.10. The zero-order valence-electron chi connectivity index (χ0n) is 10.8. The number of nitriles is 1. The van der Waals surface area contributed by atoms with Crippen molar-refractivity contribution in [1.82, 2.24) is 4.98 Å². The van der Waals surface area contributed by atoms with Crippen LogP contribution in [0.1, 0.15) is 27.0 Å². The fourth-order valence-corrected chi connectivity index (χ4v) is 1.69. The molecule has 1 amide bonds. The molecule has 0 unspecified atom stereocenters. The molecule has 0 spiro atoms. The van der Waals surface area contributed by atoms with Crippen LogP contribution in [-0.2, 0) is 0 Å². The molecule has 19 heavy (non-hydrogen) atoms. The average molecular weight is 251 g/mol. The molecule has 0 bridgehead atoms. The van der Waals surface area contributed by atoms with Gasteiger partial charge in [-0.15, -0.1) is 0 Å². The number of anilines is 1. The molecular formula is C15H13N3O. The number of carbonyl (C=O) groups is 1. The van der Waals surface area contributed by atoms with Gasteiger partial charge in [0.25, 0.3) is 5.91 Å². The standard InChI is InChI=1S/C15H13N3O/c1-10-3-4-11(2)14(5-10)18-15(19)13-6-12(7-16)8-17-9-13/h3-6,8-9H,1-2H3,(H,18,19). The van der Waals surface area contributed by atoms with Gasteiger partial charge < -0.3 is 5.32 Å². The maximum atomic E-state index is 12.1. The smallest absolute Gasteiger partial charge is 0.257 e. The van der Waals surface area contributed by atoms with Crippen molar-refractivity contribution in [3.63, 3.8) is 0 Å². The predicted molar refractivity (Wildman–Crippen MR) is 72.8 cm³/mol. The van der Waals surface area contributed by atoms with Gasteiger partial charge in [-0.05, 0) is 37.1 Å². The summed E-state index contributed by atoms with van der Waals surface area (Å²) in [5.41, 5.74) is 3.58. The van der Waals surface area contributed by atoms with Crippen molar-refractivity contribution >= 4 is 11.6 Å². The first-order valence-electron chi connectivity index (χ1n) is 5.84. The number of aromatic nitrogens is 1. The normalized spacial score (nSPS) is 9.74. The number of carbonyl (C=O) groups excluding carboxylic acids is 1. The minimum atomic E-state index is -0.265. The highest BCUT2D eigenvalue weighted by Gasteiger charge is 2.09. The van der Waals surface area contributed by atoms with E-state index in [4.69, 9.17) is 5.26 Å². The van der Waals surface area contributed by atoms with Crippen molar-refractivity contribution in [3.05, 3.63) is 58.9 Å². The van der Waals surface area contributed by atoms with Gasteiger partial charge >= 0.3 is 0 Å². The topological polar surface area (TPSA) is 65.8 Å². The zero-order valence-corrected chi connectivity index (χ0v) is 10.8. The summed E-state index contributed by atoms with van der Waals surface area (Å²) in [6.07, 6.45) is 2.87. The first kappa shape index (κ1) is 12.8. The van der Waals surface area contributed by atoms with E-state index in [0.717, 1.165) is 16.8 Å². The number of aryl methyl sites for hydroxylation is 2. The molecule has 0 fully saturated rings. The van der Waals surface area contributed by atoms with Crippen LogP contribution >= 0.6 is 0 Å². The van der Waals surface area contributed by atoms with E-state index in [2.05, 4.69) is 10.3 Å². The number of amides is 1. The van der Waals surface area contributed by atoms with Crippen LogP contribution < -0.4 is 5.32 Å². The minimum absolute atomic E-state index is 0.265. The Morgan fingerprint density at radius 3 is 2.79 bits per heavy atom. The molecule has 0 saturated carbocycles. The molecule has 4 nitrogen and oxygen atoms in total. The summed E-state index contributed by atoms with van der Waals surface area (Å²) >= 11 is 0. The summed E-state index contributed by atoms with van der Waals surface area (Å²) in [6, 6.07) is 9.34. The van der Waals surface area contributed by atoms with E-state index in [1.807, 2.05) is 38.1 Å². The van der Waals surface area contributed by atoms with Gasteiger partial charge in [0, 0.05) is 18.1 Å². The monoisotopic (exact) mass is 251 g/mol. The van der Waals surface area contributed by atoms with Crippen molar-refractivity contribution in [2.24, 2.45) is 0 Å². The van der Waals surface area contributed by atoms with Gasteiger partial charge in [0.2, 0.25) is 0 Å². The van der Waals surface area contributed by atoms with Crippen LogP contribution in [0.25, 0.3) is 0 Å². The Morgan fingerprint density at radius 1 is 1.26 bits per heavy atom. The van der Waals surface area contributed by atoms with Crippen LogP contribution in [0.15, 0.2) is 36.7 Å². The highest BCUT2D eigenvalue weighted by atomic mass is 16.1. The second-order valence-electron chi connectivity index (χ2n) is 4.35. The van der Waals surface area contributed by atoms with Crippen LogP contribution in [-0.4, -0.2) is 10.9 Å². The Morgan fingerprint density at radius 2 is 2.05 bits per heavy atom. The zero-order chi connectivity index (χ0) is 13.8. The molecule has 0 saturated heterocycles. The third-order valence-electron chi connectivity index (χ3n) is 2.77. The average Bonchev–Trinajstić information content (AvgIpc) is 2.43. The van der Waals surface area contributed by atoms with E-state index in [9.17, 15) is 4.79 Å². The largest absolute Gasteiger partial charge is 0.322 e. The molecule has 0 aliphatic rings. The van der Waals surface area contributed by atoms with Gasteiger partial charge in [0.15, 0.2) is 0 Å². The van der Waals surface area contributed by atoms with Crippen molar-refractivity contribution in [2.45, 2.75) is 13.8 Å². The number of nitrogens with zero attached hydrogens (tertiary/aromatic N) is 2. The minimum Gasteiger partial charge on any atom is -0.322 e. The Bertz CT molecular complexity index is 671. The molecule has 94 valence electrons. The molecule has 0 radical (unpaired) electrons. The Hall–Kier alpha value is -2.67. The molecule has 1 heterocycles. The molecule has 0 aliphatic carbocycles. The molecule has 4 heteroatoms. The molecule has 1 aromatic carbocycles. The van der Waals surface area contributed by atoms with Gasteiger partial charge in [-0.25, -0.2) is 0 Å². The fraction of sp³-hybridized carbons (Fsp3) is 0.133. The highest BCUT2D eigenvalue weighted by Crippen LogP contribution is 2.17. The Balaban J connectivity index is 2.26. The van der Waals surface area contributed by atoms with E-state index in [1.54, 1.807) is 0 Å². The molecule has 2 aromatic rings. The lowest BCUT2D eigenvalue weighted by atomic mass is 10.1. The lowest BCUT2D eigenvalue weighted by Gasteiger charge is -2.09. The van der Waals surface area contributed by atoms with E-state index in [0.29, 0.717) is 11.1 Å². The Kier molecular flexibility index (Phi) is 3.58. The first-order valence-corrected chi connectivity index (χ1v) is 5.84. The second-order valence-corrected chi connectivity index (χ2v) is 4.35. The second kappa shape index (κ2) is 5.32. The Labute approximate surface area is 111 Å².